The fraction of sp³-hybridized carbons (Fsp3) is 0.500. The lowest BCUT2D eigenvalue weighted by Gasteiger charge is -2.52. The van der Waals surface area contributed by atoms with Gasteiger partial charge in [-0.2, -0.15) is 0 Å². The zero-order chi connectivity index (χ0) is 18.0. The smallest absolute Gasteiger partial charge is 0.257 e. The Kier molecular flexibility index (Phi) is 4.50. The summed E-state index contributed by atoms with van der Waals surface area (Å²) in [6.07, 6.45) is 8.67. The molecule has 8 heteroatoms. The average molecular weight is 354 g/mol. The maximum atomic E-state index is 12.6. The van der Waals surface area contributed by atoms with Crippen LogP contribution in [-0.2, 0) is 11.3 Å². The second-order valence-corrected chi connectivity index (χ2v) is 7.07. The SMILES string of the molecule is Cc1cnc(CNc2ncc(C(=O)N3CC4(CCOCC4)C3)cn2)cn1. The molecule has 1 spiro atoms. The van der Waals surface area contributed by atoms with Crippen molar-refractivity contribution >= 4 is 11.9 Å². The number of nitrogens with one attached hydrogen (secondary N) is 1. The highest BCUT2D eigenvalue weighted by Gasteiger charge is 2.45. The van der Waals surface area contributed by atoms with Gasteiger partial charge in [-0.3, -0.25) is 14.8 Å². The number of aromatic nitrogens is 4. The summed E-state index contributed by atoms with van der Waals surface area (Å²) in [5.41, 5.74) is 2.47. The van der Waals surface area contributed by atoms with Crippen molar-refractivity contribution in [3.63, 3.8) is 0 Å². The first-order valence-electron chi connectivity index (χ1n) is 8.84. The van der Waals surface area contributed by atoms with Gasteiger partial charge in [-0.15, -0.1) is 0 Å². The van der Waals surface area contributed by atoms with Gasteiger partial charge in [0.2, 0.25) is 5.95 Å². The fourth-order valence-corrected chi connectivity index (χ4v) is 3.42. The number of anilines is 1. The van der Waals surface area contributed by atoms with E-state index in [1.54, 1.807) is 24.8 Å². The summed E-state index contributed by atoms with van der Waals surface area (Å²) in [5, 5.41) is 3.09. The van der Waals surface area contributed by atoms with E-state index < -0.39 is 0 Å². The van der Waals surface area contributed by atoms with Gasteiger partial charge in [0.05, 0.1) is 29.7 Å². The minimum Gasteiger partial charge on any atom is -0.381 e. The molecule has 1 N–H and O–H groups in total. The van der Waals surface area contributed by atoms with Crippen molar-refractivity contribution in [3.8, 4) is 0 Å². The molecule has 0 aromatic carbocycles. The zero-order valence-corrected chi connectivity index (χ0v) is 14.8. The van der Waals surface area contributed by atoms with Crippen LogP contribution >= 0.6 is 0 Å². The van der Waals surface area contributed by atoms with Gasteiger partial charge in [0.15, 0.2) is 0 Å². The third-order valence-corrected chi connectivity index (χ3v) is 5.05. The molecular weight excluding hydrogens is 332 g/mol. The lowest BCUT2D eigenvalue weighted by atomic mass is 9.73. The summed E-state index contributed by atoms with van der Waals surface area (Å²) in [5.74, 6) is 0.464. The molecular formula is C18H22N6O2. The largest absolute Gasteiger partial charge is 0.381 e. The van der Waals surface area contributed by atoms with Crippen molar-refractivity contribution in [2.45, 2.75) is 26.3 Å². The van der Waals surface area contributed by atoms with Gasteiger partial charge in [-0.05, 0) is 19.8 Å². The van der Waals surface area contributed by atoms with E-state index in [1.165, 1.54) is 0 Å². The second kappa shape index (κ2) is 6.95. The van der Waals surface area contributed by atoms with Gasteiger partial charge in [0.1, 0.15) is 0 Å². The summed E-state index contributed by atoms with van der Waals surface area (Å²) in [6.45, 7) is 5.60. The second-order valence-electron chi connectivity index (χ2n) is 7.07. The molecule has 0 aliphatic carbocycles. The van der Waals surface area contributed by atoms with Crippen LogP contribution in [0.15, 0.2) is 24.8 Å². The van der Waals surface area contributed by atoms with Crippen LogP contribution < -0.4 is 5.32 Å². The lowest BCUT2D eigenvalue weighted by Crippen LogP contribution is -2.60. The molecule has 0 unspecified atom stereocenters. The van der Waals surface area contributed by atoms with Crippen LogP contribution in [0.25, 0.3) is 0 Å². The number of carbonyl (C=O) groups is 1. The Labute approximate surface area is 152 Å². The van der Waals surface area contributed by atoms with Gasteiger partial charge < -0.3 is 15.0 Å². The molecule has 2 aromatic rings. The molecule has 1 amide bonds. The van der Waals surface area contributed by atoms with Gasteiger partial charge >= 0.3 is 0 Å². The molecule has 0 atom stereocenters. The average Bonchev–Trinajstić information content (AvgIpc) is 2.66. The summed E-state index contributed by atoms with van der Waals surface area (Å²) >= 11 is 0. The topological polar surface area (TPSA) is 93.1 Å². The van der Waals surface area contributed by atoms with Gasteiger partial charge in [-0.1, -0.05) is 0 Å². The van der Waals surface area contributed by atoms with E-state index in [4.69, 9.17) is 4.74 Å². The third kappa shape index (κ3) is 3.50. The van der Waals surface area contributed by atoms with E-state index in [2.05, 4.69) is 25.3 Å². The number of hydrogen-bond acceptors (Lipinski definition) is 7. The highest BCUT2D eigenvalue weighted by atomic mass is 16.5. The van der Waals surface area contributed by atoms with Crippen molar-refractivity contribution in [2.24, 2.45) is 5.41 Å². The van der Waals surface area contributed by atoms with Crippen LogP contribution in [0.1, 0.15) is 34.6 Å². The lowest BCUT2D eigenvalue weighted by molar-refractivity contribution is -0.0666. The van der Waals surface area contributed by atoms with Gasteiger partial charge in [-0.25, -0.2) is 9.97 Å². The number of aryl methyl sites for hydroxylation is 1. The van der Waals surface area contributed by atoms with Crippen molar-refractivity contribution in [1.29, 1.82) is 0 Å². The number of hydrogen-bond donors (Lipinski definition) is 1. The first-order valence-corrected chi connectivity index (χ1v) is 8.84. The monoisotopic (exact) mass is 354 g/mol. The van der Waals surface area contributed by atoms with Crippen molar-refractivity contribution in [2.75, 3.05) is 31.6 Å². The van der Waals surface area contributed by atoms with Crippen LogP contribution in [0, 0.1) is 12.3 Å². The van der Waals surface area contributed by atoms with Crippen LogP contribution in [0.3, 0.4) is 0 Å². The van der Waals surface area contributed by atoms with Gasteiger partial charge in [0, 0.05) is 50.3 Å². The molecule has 4 rings (SSSR count). The zero-order valence-electron chi connectivity index (χ0n) is 14.8. The number of amides is 1. The minimum atomic E-state index is -0.00179. The molecule has 2 aliphatic heterocycles. The van der Waals surface area contributed by atoms with E-state index in [-0.39, 0.29) is 11.3 Å². The minimum absolute atomic E-state index is 0.00179. The molecule has 0 bridgehead atoms. The third-order valence-electron chi connectivity index (χ3n) is 5.05. The summed E-state index contributed by atoms with van der Waals surface area (Å²) in [4.78, 5) is 31.4. The fourth-order valence-electron chi connectivity index (χ4n) is 3.42. The molecule has 0 saturated carbocycles. The van der Waals surface area contributed by atoms with Crippen LogP contribution in [0.4, 0.5) is 5.95 Å². The molecule has 2 aromatic heterocycles. The Morgan fingerprint density at radius 3 is 2.50 bits per heavy atom. The molecule has 2 saturated heterocycles. The maximum Gasteiger partial charge on any atom is 0.257 e. The predicted molar refractivity (Wildman–Crippen MR) is 94.5 cm³/mol. The summed E-state index contributed by atoms with van der Waals surface area (Å²) in [6, 6.07) is 0. The van der Waals surface area contributed by atoms with E-state index >= 15 is 0 Å². The van der Waals surface area contributed by atoms with Crippen molar-refractivity contribution in [3.05, 3.63) is 41.7 Å². The number of likely N-dealkylation sites (tertiary alicyclic amines) is 1. The maximum absolute atomic E-state index is 12.6. The summed E-state index contributed by atoms with van der Waals surface area (Å²) in [7, 11) is 0. The molecule has 26 heavy (non-hydrogen) atoms. The Morgan fingerprint density at radius 1 is 1.12 bits per heavy atom. The predicted octanol–water partition coefficient (Wildman–Crippen LogP) is 1.44. The van der Waals surface area contributed by atoms with Crippen molar-refractivity contribution in [1.82, 2.24) is 24.8 Å². The highest BCUT2D eigenvalue weighted by molar-refractivity contribution is 5.94. The van der Waals surface area contributed by atoms with E-state index in [0.29, 0.717) is 18.1 Å². The number of rotatable bonds is 4. The number of nitrogens with zero attached hydrogens (tertiary/aromatic N) is 5. The highest BCUT2D eigenvalue weighted by Crippen LogP contribution is 2.40. The molecule has 136 valence electrons. The van der Waals surface area contributed by atoms with E-state index in [1.807, 2.05) is 11.8 Å². The molecule has 2 aliphatic rings. The first kappa shape index (κ1) is 16.8. The number of ether oxygens (including phenoxy) is 1. The molecule has 8 nitrogen and oxygen atoms in total. The Hall–Kier alpha value is -2.61. The van der Waals surface area contributed by atoms with E-state index in [9.17, 15) is 4.79 Å². The molecule has 2 fully saturated rings. The summed E-state index contributed by atoms with van der Waals surface area (Å²) < 4.78 is 5.42. The quantitative estimate of drug-likeness (QED) is 0.888. The first-order chi connectivity index (χ1) is 12.6. The van der Waals surface area contributed by atoms with E-state index in [0.717, 1.165) is 50.5 Å². The Bertz CT molecular complexity index is 763. The molecule has 0 radical (unpaired) electrons. The standard InChI is InChI=1S/C18H22N6O2/c1-13-6-20-15(9-19-13)10-23-17-21-7-14(8-22-17)16(25)24-11-18(12-24)2-4-26-5-3-18/h6-9H,2-5,10-12H2,1H3,(H,21,22,23). The van der Waals surface area contributed by atoms with Crippen LogP contribution in [0.5, 0.6) is 0 Å². The van der Waals surface area contributed by atoms with Crippen molar-refractivity contribution < 1.29 is 9.53 Å². The normalized spacial score (nSPS) is 18.4. The van der Waals surface area contributed by atoms with Gasteiger partial charge in [0.25, 0.3) is 5.91 Å². The Balaban J connectivity index is 1.31. The molecule has 4 heterocycles. The number of carbonyl (C=O) groups excluding carboxylic acids is 1. The van der Waals surface area contributed by atoms with Crippen LogP contribution in [-0.4, -0.2) is 57.0 Å². The van der Waals surface area contributed by atoms with Crippen LogP contribution in [0.2, 0.25) is 0 Å². The Morgan fingerprint density at radius 2 is 1.85 bits per heavy atom.